The van der Waals surface area contributed by atoms with Crippen molar-refractivity contribution in [3.05, 3.63) is 22.4 Å². The Morgan fingerprint density at radius 3 is 3.00 bits per heavy atom. The van der Waals surface area contributed by atoms with E-state index in [4.69, 9.17) is 5.73 Å². The number of hydrogen-bond donors (Lipinski definition) is 1. The average Bonchev–Trinajstić information content (AvgIpc) is 2.08. The summed E-state index contributed by atoms with van der Waals surface area (Å²) in [6, 6.07) is 1.65. The van der Waals surface area contributed by atoms with Crippen LogP contribution in [-0.4, -0.2) is 18.1 Å². The zero-order valence-electron chi connectivity index (χ0n) is 6.37. The molecule has 0 saturated heterocycles. The summed E-state index contributed by atoms with van der Waals surface area (Å²) in [5.74, 6) is -0.534. The molecule has 64 valence electrons. The normalized spacial score (nSPS) is 9.50. The topological polar surface area (TPSA) is 65.2 Å². The highest BCUT2D eigenvalue weighted by Gasteiger charge is 2.12. The molecular weight excluding hydrogens is 224 g/mol. The number of rotatable bonds is 1. The van der Waals surface area contributed by atoms with Gasteiger partial charge in [0.25, 0.3) is 0 Å². The maximum atomic E-state index is 11.0. The quantitative estimate of drug-likeness (QED) is 0.737. The standard InChI is InChI=1S/C7H7BrN2O2/c1-12-7(11)6-5(9)4(8)2-3-10-6/h2-3H,9H2,1H3. The first-order valence-electron chi connectivity index (χ1n) is 3.15. The number of nitrogens with zero attached hydrogens (tertiary/aromatic N) is 1. The van der Waals surface area contributed by atoms with Gasteiger partial charge in [0.1, 0.15) is 0 Å². The number of carbonyl (C=O) groups excluding carboxylic acids is 1. The SMILES string of the molecule is COC(=O)c1nccc(Br)c1N. The van der Waals surface area contributed by atoms with E-state index >= 15 is 0 Å². The molecule has 0 aliphatic carbocycles. The largest absolute Gasteiger partial charge is 0.464 e. The summed E-state index contributed by atoms with van der Waals surface area (Å²) in [4.78, 5) is 14.8. The van der Waals surface area contributed by atoms with E-state index in [9.17, 15) is 4.79 Å². The van der Waals surface area contributed by atoms with Gasteiger partial charge in [-0.05, 0) is 22.0 Å². The smallest absolute Gasteiger partial charge is 0.358 e. The number of nitrogens with two attached hydrogens (primary N) is 1. The Hall–Kier alpha value is -1.10. The Labute approximate surface area is 77.9 Å². The van der Waals surface area contributed by atoms with Crippen molar-refractivity contribution in [2.75, 3.05) is 12.8 Å². The number of hydrogen-bond acceptors (Lipinski definition) is 4. The van der Waals surface area contributed by atoms with Gasteiger partial charge in [-0.3, -0.25) is 0 Å². The van der Waals surface area contributed by atoms with Gasteiger partial charge < -0.3 is 10.5 Å². The lowest BCUT2D eigenvalue weighted by Crippen LogP contribution is -2.08. The van der Waals surface area contributed by atoms with Crippen molar-refractivity contribution in [1.82, 2.24) is 4.98 Å². The third kappa shape index (κ3) is 1.55. The highest BCUT2D eigenvalue weighted by atomic mass is 79.9. The molecule has 5 heteroatoms. The minimum absolute atomic E-state index is 0.131. The van der Waals surface area contributed by atoms with E-state index in [0.717, 1.165) is 0 Å². The van der Waals surface area contributed by atoms with Crippen LogP contribution < -0.4 is 5.73 Å². The number of carbonyl (C=O) groups is 1. The first-order valence-corrected chi connectivity index (χ1v) is 3.94. The van der Waals surface area contributed by atoms with Gasteiger partial charge in [-0.25, -0.2) is 9.78 Å². The number of esters is 1. The molecule has 0 aliphatic heterocycles. The predicted octanol–water partition coefficient (Wildman–Crippen LogP) is 1.21. The van der Waals surface area contributed by atoms with E-state index in [2.05, 4.69) is 25.7 Å². The average molecular weight is 231 g/mol. The zero-order valence-corrected chi connectivity index (χ0v) is 7.96. The Morgan fingerprint density at radius 2 is 2.42 bits per heavy atom. The first kappa shape index (κ1) is 8.99. The van der Waals surface area contributed by atoms with E-state index < -0.39 is 5.97 Å². The molecule has 0 radical (unpaired) electrons. The lowest BCUT2D eigenvalue weighted by molar-refractivity contribution is 0.0595. The number of halogens is 1. The van der Waals surface area contributed by atoms with Crippen molar-refractivity contribution < 1.29 is 9.53 Å². The second kappa shape index (κ2) is 3.53. The summed E-state index contributed by atoms with van der Waals surface area (Å²) in [6.07, 6.45) is 1.48. The van der Waals surface area contributed by atoms with Crippen molar-refractivity contribution in [2.24, 2.45) is 0 Å². The van der Waals surface area contributed by atoms with Crippen LogP contribution in [0, 0.1) is 0 Å². The maximum Gasteiger partial charge on any atom is 0.358 e. The Kier molecular flexibility index (Phi) is 2.65. The summed E-state index contributed by atoms with van der Waals surface area (Å²) >= 11 is 3.17. The zero-order chi connectivity index (χ0) is 9.14. The van der Waals surface area contributed by atoms with Crippen LogP contribution >= 0.6 is 15.9 Å². The number of anilines is 1. The molecular formula is C7H7BrN2O2. The van der Waals surface area contributed by atoms with Crippen LogP contribution in [-0.2, 0) is 4.74 Å². The third-order valence-electron chi connectivity index (χ3n) is 1.32. The van der Waals surface area contributed by atoms with E-state index in [1.54, 1.807) is 6.07 Å². The fraction of sp³-hybridized carbons (Fsp3) is 0.143. The van der Waals surface area contributed by atoms with Crippen LogP contribution in [0.3, 0.4) is 0 Å². The minimum atomic E-state index is -0.534. The molecule has 0 saturated carbocycles. The molecule has 12 heavy (non-hydrogen) atoms. The molecule has 0 fully saturated rings. The van der Waals surface area contributed by atoms with Crippen molar-refractivity contribution >= 4 is 27.6 Å². The lowest BCUT2D eigenvalue weighted by Gasteiger charge is -2.02. The van der Waals surface area contributed by atoms with Gasteiger partial charge >= 0.3 is 5.97 Å². The third-order valence-corrected chi connectivity index (χ3v) is 2.01. The summed E-state index contributed by atoms with van der Waals surface area (Å²) < 4.78 is 5.11. The van der Waals surface area contributed by atoms with Gasteiger partial charge in [0.05, 0.1) is 12.8 Å². The fourth-order valence-corrected chi connectivity index (χ4v) is 1.02. The number of nitrogen functional groups attached to an aromatic ring is 1. The van der Waals surface area contributed by atoms with Crippen molar-refractivity contribution in [2.45, 2.75) is 0 Å². The summed E-state index contributed by atoms with van der Waals surface area (Å²) in [7, 11) is 1.28. The molecule has 0 atom stereocenters. The van der Waals surface area contributed by atoms with Crippen molar-refractivity contribution in [1.29, 1.82) is 0 Å². The van der Waals surface area contributed by atoms with Gasteiger partial charge in [0, 0.05) is 10.7 Å². The van der Waals surface area contributed by atoms with E-state index in [0.29, 0.717) is 10.2 Å². The number of pyridine rings is 1. The highest BCUT2D eigenvalue weighted by molar-refractivity contribution is 9.10. The van der Waals surface area contributed by atoms with Crippen LogP contribution in [0.5, 0.6) is 0 Å². The van der Waals surface area contributed by atoms with E-state index in [1.165, 1.54) is 13.3 Å². The molecule has 0 spiro atoms. The maximum absolute atomic E-state index is 11.0. The predicted molar refractivity (Wildman–Crippen MR) is 47.7 cm³/mol. The first-order chi connectivity index (χ1) is 5.66. The number of aromatic nitrogens is 1. The van der Waals surface area contributed by atoms with Gasteiger partial charge in [-0.2, -0.15) is 0 Å². The molecule has 1 rings (SSSR count). The molecule has 0 aromatic carbocycles. The van der Waals surface area contributed by atoms with Crippen LogP contribution in [0.1, 0.15) is 10.5 Å². The Morgan fingerprint density at radius 1 is 1.75 bits per heavy atom. The second-order valence-electron chi connectivity index (χ2n) is 2.05. The molecule has 0 aliphatic rings. The molecule has 4 nitrogen and oxygen atoms in total. The van der Waals surface area contributed by atoms with Crippen LogP contribution in [0.15, 0.2) is 16.7 Å². The van der Waals surface area contributed by atoms with E-state index in [-0.39, 0.29) is 5.69 Å². The molecule has 0 unspecified atom stereocenters. The number of methoxy groups -OCH3 is 1. The van der Waals surface area contributed by atoms with Crippen molar-refractivity contribution in [3.8, 4) is 0 Å². The lowest BCUT2D eigenvalue weighted by atomic mass is 10.3. The molecule has 0 amide bonds. The van der Waals surface area contributed by atoms with E-state index in [1.807, 2.05) is 0 Å². The molecule has 1 heterocycles. The summed E-state index contributed by atoms with van der Waals surface area (Å²) in [5, 5.41) is 0. The Balaban J connectivity index is 3.16. The molecule has 1 aromatic rings. The van der Waals surface area contributed by atoms with Gasteiger partial charge in [-0.15, -0.1) is 0 Å². The van der Waals surface area contributed by atoms with Crippen LogP contribution in [0.25, 0.3) is 0 Å². The van der Waals surface area contributed by atoms with Gasteiger partial charge in [0.2, 0.25) is 0 Å². The monoisotopic (exact) mass is 230 g/mol. The van der Waals surface area contributed by atoms with Gasteiger partial charge in [0.15, 0.2) is 5.69 Å². The van der Waals surface area contributed by atoms with Gasteiger partial charge in [-0.1, -0.05) is 0 Å². The summed E-state index contributed by atoms with van der Waals surface area (Å²) in [6.45, 7) is 0. The molecule has 1 aromatic heterocycles. The molecule has 2 N–H and O–H groups in total. The highest BCUT2D eigenvalue weighted by Crippen LogP contribution is 2.21. The summed E-state index contributed by atoms with van der Waals surface area (Å²) in [5.41, 5.74) is 5.98. The van der Waals surface area contributed by atoms with Crippen LogP contribution in [0.4, 0.5) is 5.69 Å². The number of ether oxygens (including phenoxy) is 1. The second-order valence-corrected chi connectivity index (χ2v) is 2.90. The van der Waals surface area contributed by atoms with Crippen molar-refractivity contribution in [3.63, 3.8) is 0 Å². The van der Waals surface area contributed by atoms with Crippen LogP contribution in [0.2, 0.25) is 0 Å². The molecule has 0 bridgehead atoms. The minimum Gasteiger partial charge on any atom is -0.464 e. The fourth-order valence-electron chi connectivity index (χ4n) is 0.709. The Bertz CT molecular complexity index is 314.